The van der Waals surface area contributed by atoms with Crippen LogP contribution in [0.25, 0.3) is 16.9 Å². The molecule has 0 saturated heterocycles. The summed E-state index contributed by atoms with van der Waals surface area (Å²) in [5.41, 5.74) is 9.84. The van der Waals surface area contributed by atoms with Crippen molar-refractivity contribution in [3.05, 3.63) is 36.3 Å². The second kappa shape index (κ2) is 3.35. The van der Waals surface area contributed by atoms with Gasteiger partial charge in [0, 0.05) is 25.0 Å². The van der Waals surface area contributed by atoms with Crippen LogP contribution in [-0.2, 0) is 7.05 Å². The van der Waals surface area contributed by atoms with Gasteiger partial charge in [-0.1, -0.05) is 0 Å². The Kier molecular flexibility index (Phi) is 1.95. The van der Waals surface area contributed by atoms with Gasteiger partial charge in [-0.3, -0.25) is 9.08 Å². The number of nitrogen functional groups attached to an aromatic ring is 1. The summed E-state index contributed by atoms with van der Waals surface area (Å²) in [5.74, 6) is 0.646. The first-order valence-corrected chi connectivity index (χ1v) is 5.38. The van der Waals surface area contributed by atoms with Gasteiger partial charge in [0.2, 0.25) is 0 Å². The van der Waals surface area contributed by atoms with E-state index in [-0.39, 0.29) is 0 Å². The number of hydrogen-bond acceptors (Lipinski definition) is 3. The molecule has 0 aromatic carbocycles. The molecule has 0 fully saturated rings. The van der Waals surface area contributed by atoms with Crippen LogP contribution in [0.4, 0.5) is 5.82 Å². The molecule has 0 aliphatic heterocycles. The van der Waals surface area contributed by atoms with Gasteiger partial charge >= 0.3 is 0 Å². The van der Waals surface area contributed by atoms with Gasteiger partial charge in [0.25, 0.3) is 0 Å². The quantitative estimate of drug-likeness (QED) is 0.687. The van der Waals surface area contributed by atoms with Gasteiger partial charge in [-0.25, -0.2) is 4.98 Å². The van der Waals surface area contributed by atoms with Crippen molar-refractivity contribution in [2.45, 2.75) is 6.92 Å². The summed E-state index contributed by atoms with van der Waals surface area (Å²) >= 11 is 0. The van der Waals surface area contributed by atoms with Crippen LogP contribution in [0.5, 0.6) is 0 Å². The van der Waals surface area contributed by atoms with E-state index in [2.05, 4.69) is 10.1 Å². The van der Waals surface area contributed by atoms with Crippen molar-refractivity contribution in [3.63, 3.8) is 0 Å². The minimum absolute atomic E-state index is 0.646. The van der Waals surface area contributed by atoms with E-state index < -0.39 is 0 Å². The van der Waals surface area contributed by atoms with Crippen LogP contribution in [0.3, 0.4) is 0 Å². The van der Waals surface area contributed by atoms with E-state index >= 15 is 0 Å². The Morgan fingerprint density at radius 3 is 2.88 bits per heavy atom. The lowest BCUT2D eigenvalue weighted by atomic mass is 10.2. The highest BCUT2D eigenvalue weighted by atomic mass is 15.2. The maximum absolute atomic E-state index is 6.09. The summed E-state index contributed by atoms with van der Waals surface area (Å²) in [4.78, 5) is 4.54. The molecule has 0 unspecified atom stereocenters. The number of anilines is 1. The van der Waals surface area contributed by atoms with Crippen LogP contribution in [-0.4, -0.2) is 19.2 Å². The van der Waals surface area contributed by atoms with Gasteiger partial charge in [-0.2, -0.15) is 5.10 Å². The van der Waals surface area contributed by atoms with Crippen LogP contribution < -0.4 is 5.73 Å². The zero-order valence-corrected chi connectivity index (χ0v) is 9.75. The van der Waals surface area contributed by atoms with Gasteiger partial charge in [0.1, 0.15) is 17.2 Å². The Balaban J connectivity index is 2.27. The van der Waals surface area contributed by atoms with Crippen LogP contribution >= 0.6 is 0 Å². The van der Waals surface area contributed by atoms with Gasteiger partial charge in [0.15, 0.2) is 0 Å². The summed E-state index contributed by atoms with van der Waals surface area (Å²) in [6.07, 6.45) is 5.61. The monoisotopic (exact) mass is 227 g/mol. The summed E-state index contributed by atoms with van der Waals surface area (Å²) in [7, 11) is 1.87. The van der Waals surface area contributed by atoms with Gasteiger partial charge in [0.05, 0.1) is 6.20 Å². The predicted molar refractivity (Wildman–Crippen MR) is 66.5 cm³/mol. The molecule has 0 amide bonds. The molecule has 0 aliphatic carbocycles. The number of aromatic nitrogens is 4. The van der Waals surface area contributed by atoms with E-state index in [1.54, 1.807) is 10.9 Å². The van der Waals surface area contributed by atoms with Crippen molar-refractivity contribution in [1.82, 2.24) is 19.2 Å². The van der Waals surface area contributed by atoms with Crippen LogP contribution in [0.2, 0.25) is 0 Å². The molecule has 0 aliphatic rings. The maximum Gasteiger partial charge on any atom is 0.139 e. The molecule has 86 valence electrons. The van der Waals surface area contributed by atoms with Gasteiger partial charge in [-0.15, -0.1) is 0 Å². The largest absolute Gasteiger partial charge is 0.383 e. The molecule has 0 saturated carbocycles. The molecule has 5 nitrogen and oxygen atoms in total. The second-order valence-electron chi connectivity index (χ2n) is 4.18. The Morgan fingerprint density at radius 2 is 2.18 bits per heavy atom. The highest BCUT2D eigenvalue weighted by Crippen LogP contribution is 2.25. The normalized spacial score (nSPS) is 11.2. The molecule has 2 N–H and O–H groups in total. The number of nitrogens with zero attached hydrogens (tertiary/aromatic N) is 4. The number of hydrogen-bond donors (Lipinski definition) is 1. The van der Waals surface area contributed by atoms with Crippen LogP contribution in [0, 0.1) is 6.92 Å². The molecule has 3 rings (SSSR count). The molecular formula is C12H13N5. The minimum Gasteiger partial charge on any atom is -0.383 e. The molecule has 0 atom stereocenters. The SMILES string of the molecule is Cc1ccn2c(N)c(-c3cnn(C)c3)nc2c1. The molecule has 5 heteroatoms. The first kappa shape index (κ1) is 9.89. The fraction of sp³-hybridized carbons (Fsp3) is 0.167. The van der Waals surface area contributed by atoms with E-state index in [0.29, 0.717) is 5.82 Å². The number of imidazole rings is 1. The van der Waals surface area contributed by atoms with E-state index in [0.717, 1.165) is 16.9 Å². The topological polar surface area (TPSA) is 61.1 Å². The molecule has 3 aromatic rings. The molecular weight excluding hydrogens is 214 g/mol. The third-order valence-electron chi connectivity index (χ3n) is 2.80. The Bertz CT molecular complexity index is 692. The molecule has 0 spiro atoms. The first-order valence-electron chi connectivity index (χ1n) is 5.38. The van der Waals surface area contributed by atoms with E-state index in [4.69, 9.17) is 5.73 Å². The Morgan fingerprint density at radius 1 is 1.35 bits per heavy atom. The highest BCUT2D eigenvalue weighted by molar-refractivity contribution is 5.74. The summed E-state index contributed by atoms with van der Waals surface area (Å²) in [6, 6.07) is 4.02. The average molecular weight is 227 g/mol. The lowest BCUT2D eigenvalue weighted by Crippen LogP contribution is -1.93. The Hall–Kier alpha value is -2.30. The smallest absolute Gasteiger partial charge is 0.139 e. The maximum atomic E-state index is 6.09. The minimum atomic E-state index is 0.646. The van der Waals surface area contributed by atoms with Crippen molar-refractivity contribution in [2.24, 2.45) is 7.05 Å². The molecule has 17 heavy (non-hydrogen) atoms. The zero-order valence-electron chi connectivity index (χ0n) is 9.75. The summed E-state index contributed by atoms with van der Waals surface area (Å²) < 4.78 is 3.62. The summed E-state index contributed by atoms with van der Waals surface area (Å²) in [5, 5.41) is 4.13. The molecule has 0 bridgehead atoms. The van der Waals surface area contributed by atoms with Crippen molar-refractivity contribution in [1.29, 1.82) is 0 Å². The number of aryl methyl sites for hydroxylation is 2. The van der Waals surface area contributed by atoms with Crippen LogP contribution in [0.1, 0.15) is 5.56 Å². The predicted octanol–water partition coefficient (Wildman–Crippen LogP) is 1.63. The molecule has 0 radical (unpaired) electrons. The van der Waals surface area contributed by atoms with Crippen molar-refractivity contribution < 1.29 is 0 Å². The number of pyridine rings is 1. The van der Waals surface area contributed by atoms with E-state index in [1.165, 1.54) is 5.56 Å². The highest BCUT2D eigenvalue weighted by Gasteiger charge is 2.12. The molecule has 3 heterocycles. The lowest BCUT2D eigenvalue weighted by Gasteiger charge is -1.97. The fourth-order valence-corrected chi connectivity index (χ4v) is 1.92. The van der Waals surface area contributed by atoms with Crippen molar-refractivity contribution in [3.8, 4) is 11.3 Å². The van der Waals surface area contributed by atoms with Gasteiger partial charge < -0.3 is 5.73 Å². The van der Waals surface area contributed by atoms with Gasteiger partial charge in [-0.05, 0) is 24.6 Å². The fourth-order valence-electron chi connectivity index (χ4n) is 1.92. The summed E-state index contributed by atoms with van der Waals surface area (Å²) in [6.45, 7) is 2.04. The number of nitrogens with two attached hydrogens (primary N) is 1. The first-order chi connectivity index (χ1) is 8.15. The number of fused-ring (bicyclic) bond motifs is 1. The Labute approximate surface area is 98.5 Å². The third-order valence-corrected chi connectivity index (χ3v) is 2.80. The van der Waals surface area contributed by atoms with Crippen molar-refractivity contribution in [2.75, 3.05) is 5.73 Å². The third kappa shape index (κ3) is 1.47. The molecule has 3 aromatic heterocycles. The second-order valence-corrected chi connectivity index (χ2v) is 4.18. The average Bonchev–Trinajstić information content (AvgIpc) is 2.83. The van der Waals surface area contributed by atoms with Crippen molar-refractivity contribution >= 4 is 11.5 Å². The van der Waals surface area contributed by atoms with E-state index in [9.17, 15) is 0 Å². The zero-order chi connectivity index (χ0) is 12.0. The standard InChI is InChI=1S/C12H13N5/c1-8-3-4-17-10(5-8)15-11(12(17)13)9-6-14-16(2)7-9/h3-7H,13H2,1-2H3. The lowest BCUT2D eigenvalue weighted by molar-refractivity contribution is 0.768. The van der Waals surface area contributed by atoms with Crippen LogP contribution in [0.15, 0.2) is 30.7 Å². The van der Waals surface area contributed by atoms with E-state index in [1.807, 2.05) is 42.9 Å². The number of rotatable bonds is 1.